The first kappa shape index (κ1) is 11.2. The van der Waals surface area contributed by atoms with Gasteiger partial charge in [-0.3, -0.25) is 4.79 Å². The zero-order valence-electron chi connectivity index (χ0n) is 9.41. The SMILES string of the molecule is O=C1c2ccc(Cl)cc2CC1C1COCCN1. The number of rotatable bonds is 1. The number of fused-ring (bicyclic) bond motifs is 1. The Balaban J connectivity index is 1.85. The lowest BCUT2D eigenvalue weighted by Gasteiger charge is -2.27. The number of halogens is 1. The number of ether oxygens (including phenoxy) is 1. The van der Waals surface area contributed by atoms with Crippen LogP contribution in [0.15, 0.2) is 18.2 Å². The van der Waals surface area contributed by atoms with Gasteiger partial charge in [0, 0.05) is 29.1 Å². The third-order valence-corrected chi connectivity index (χ3v) is 3.78. The van der Waals surface area contributed by atoms with Gasteiger partial charge < -0.3 is 10.1 Å². The van der Waals surface area contributed by atoms with Crippen molar-refractivity contribution >= 4 is 17.4 Å². The molecule has 1 aromatic rings. The maximum atomic E-state index is 12.3. The van der Waals surface area contributed by atoms with E-state index in [4.69, 9.17) is 16.3 Å². The summed E-state index contributed by atoms with van der Waals surface area (Å²) in [7, 11) is 0. The van der Waals surface area contributed by atoms with Crippen molar-refractivity contribution in [3.05, 3.63) is 34.3 Å². The molecule has 0 radical (unpaired) electrons. The van der Waals surface area contributed by atoms with Crippen molar-refractivity contribution in [3.8, 4) is 0 Å². The van der Waals surface area contributed by atoms with Crippen LogP contribution >= 0.6 is 11.6 Å². The molecule has 17 heavy (non-hydrogen) atoms. The van der Waals surface area contributed by atoms with Gasteiger partial charge in [-0.25, -0.2) is 0 Å². The number of carbonyl (C=O) groups excluding carboxylic acids is 1. The maximum Gasteiger partial charge on any atom is 0.168 e. The van der Waals surface area contributed by atoms with E-state index in [1.807, 2.05) is 12.1 Å². The van der Waals surface area contributed by atoms with Gasteiger partial charge in [0.25, 0.3) is 0 Å². The van der Waals surface area contributed by atoms with Crippen LogP contribution in [0.25, 0.3) is 0 Å². The smallest absolute Gasteiger partial charge is 0.168 e. The van der Waals surface area contributed by atoms with Crippen molar-refractivity contribution in [1.82, 2.24) is 5.32 Å². The number of benzene rings is 1. The molecule has 0 amide bonds. The van der Waals surface area contributed by atoms with E-state index >= 15 is 0 Å². The Morgan fingerprint density at radius 2 is 2.29 bits per heavy atom. The fourth-order valence-electron chi connectivity index (χ4n) is 2.67. The molecule has 0 spiro atoms. The second-order valence-electron chi connectivity index (χ2n) is 4.61. The monoisotopic (exact) mass is 251 g/mol. The molecule has 3 nitrogen and oxygen atoms in total. The van der Waals surface area contributed by atoms with Crippen molar-refractivity contribution in [1.29, 1.82) is 0 Å². The number of nitrogens with one attached hydrogen (secondary N) is 1. The molecule has 0 aromatic heterocycles. The molecular weight excluding hydrogens is 238 g/mol. The number of morpholine rings is 1. The highest BCUT2D eigenvalue weighted by molar-refractivity contribution is 6.30. The highest BCUT2D eigenvalue weighted by atomic mass is 35.5. The molecule has 1 saturated heterocycles. The summed E-state index contributed by atoms with van der Waals surface area (Å²) in [6.45, 7) is 2.18. The molecule has 1 aliphatic carbocycles. The van der Waals surface area contributed by atoms with E-state index in [-0.39, 0.29) is 17.7 Å². The van der Waals surface area contributed by atoms with Crippen molar-refractivity contribution in [2.24, 2.45) is 5.92 Å². The summed E-state index contributed by atoms with van der Waals surface area (Å²) in [4.78, 5) is 12.3. The summed E-state index contributed by atoms with van der Waals surface area (Å²) in [5.41, 5.74) is 1.90. The standard InChI is InChI=1S/C13H14ClNO2/c14-9-1-2-10-8(5-9)6-11(13(10)16)12-7-17-4-3-15-12/h1-2,5,11-12,15H,3-4,6-7H2. The zero-order chi connectivity index (χ0) is 11.8. The minimum absolute atomic E-state index is 0.00349. The molecule has 0 saturated carbocycles. The summed E-state index contributed by atoms with van der Waals surface area (Å²) in [6.07, 6.45) is 0.774. The van der Waals surface area contributed by atoms with Crippen LogP contribution in [0.1, 0.15) is 15.9 Å². The van der Waals surface area contributed by atoms with Crippen LogP contribution in [-0.4, -0.2) is 31.6 Å². The van der Waals surface area contributed by atoms with Crippen molar-refractivity contribution in [3.63, 3.8) is 0 Å². The van der Waals surface area contributed by atoms with E-state index in [1.54, 1.807) is 6.07 Å². The van der Waals surface area contributed by atoms with Gasteiger partial charge in [-0.15, -0.1) is 0 Å². The second kappa shape index (κ2) is 4.41. The molecule has 3 rings (SSSR count). The Morgan fingerprint density at radius 3 is 3.06 bits per heavy atom. The summed E-state index contributed by atoms with van der Waals surface area (Å²) < 4.78 is 5.42. The summed E-state index contributed by atoms with van der Waals surface area (Å²) in [6, 6.07) is 5.66. The Hall–Kier alpha value is -0.900. The fourth-order valence-corrected chi connectivity index (χ4v) is 2.86. The molecule has 1 heterocycles. The van der Waals surface area contributed by atoms with E-state index in [1.165, 1.54) is 0 Å². The molecule has 4 heteroatoms. The highest BCUT2D eigenvalue weighted by Gasteiger charge is 2.36. The van der Waals surface area contributed by atoms with Crippen LogP contribution < -0.4 is 5.32 Å². The number of carbonyl (C=O) groups is 1. The quantitative estimate of drug-likeness (QED) is 0.826. The summed E-state index contributed by atoms with van der Waals surface area (Å²) in [5.74, 6) is 0.225. The normalized spacial score (nSPS) is 28.2. The van der Waals surface area contributed by atoms with Crippen molar-refractivity contribution < 1.29 is 9.53 Å². The van der Waals surface area contributed by atoms with Gasteiger partial charge in [-0.1, -0.05) is 11.6 Å². The largest absolute Gasteiger partial charge is 0.378 e. The van der Waals surface area contributed by atoms with Gasteiger partial charge in [0.1, 0.15) is 0 Å². The number of hydrogen-bond acceptors (Lipinski definition) is 3. The van der Waals surface area contributed by atoms with Gasteiger partial charge in [-0.2, -0.15) is 0 Å². The van der Waals surface area contributed by atoms with Gasteiger partial charge >= 0.3 is 0 Å². The van der Waals surface area contributed by atoms with E-state index in [0.717, 1.165) is 30.7 Å². The first-order chi connectivity index (χ1) is 8.25. The number of Topliss-reactive ketones (excluding diaryl/α,β-unsaturated/α-hetero) is 1. The van der Waals surface area contributed by atoms with E-state index in [2.05, 4.69) is 5.32 Å². The molecule has 2 aliphatic rings. The van der Waals surface area contributed by atoms with Crippen LogP contribution in [0, 0.1) is 5.92 Å². The Morgan fingerprint density at radius 1 is 1.41 bits per heavy atom. The van der Waals surface area contributed by atoms with Gasteiger partial charge in [0.2, 0.25) is 0 Å². The number of hydrogen-bond donors (Lipinski definition) is 1. The lowest BCUT2D eigenvalue weighted by molar-refractivity contribution is 0.0522. The lowest BCUT2D eigenvalue weighted by atomic mass is 9.95. The van der Waals surface area contributed by atoms with E-state index in [0.29, 0.717) is 11.6 Å². The fraction of sp³-hybridized carbons (Fsp3) is 0.462. The Kier molecular flexibility index (Phi) is 2.90. The molecule has 1 fully saturated rings. The first-order valence-corrected chi connectivity index (χ1v) is 6.27. The minimum atomic E-state index is 0.00349. The maximum absolute atomic E-state index is 12.3. The van der Waals surface area contributed by atoms with Crippen LogP contribution in [-0.2, 0) is 11.2 Å². The molecule has 2 atom stereocenters. The molecule has 2 unspecified atom stereocenters. The van der Waals surface area contributed by atoms with Crippen LogP contribution in [0.3, 0.4) is 0 Å². The zero-order valence-corrected chi connectivity index (χ0v) is 10.2. The molecular formula is C13H14ClNO2. The van der Waals surface area contributed by atoms with E-state index < -0.39 is 0 Å². The molecule has 1 aliphatic heterocycles. The molecule has 90 valence electrons. The lowest BCUT2D eigenvalue weighted by Crippen LogP contribution is -2.47. The van der Waals surface area contributed by atoms with Crippen LogP contribution in [0.5, 0.6) is 0 Å². The average molecular weight is 252 g/mol. The van der Waals surface area contributed by atoms with Crippen LogP contribution in [0.2, 0.25) is 5.02 Å². The van der Waals surface area contributed by atoms with E-state index in [9.17, 15) is 4.79 Å². The first-order valence-electron chi connectivity index (χ1n) is 5.89. The highest BCUT2D eigenvalue weighted by Crippen LogP contribution is 2.31. The van der Waals surface area contributed by atoms with Gasteiger partial charge in [0.05, 0.1) is 13.2 Å². The average Bonchev–Trinajstić information content (AvgIpc) is 2.67. The predicted octanol–water partition coefficient (Wildman–Crippen LogP) is 1.68. The topological polar surface area (TPSA) is 38.3 Å². The van der Waals surface area contributed by atoms with Crippen molar-refractivity contribution in [2.45, 2.75) is 12.5 Å². The summed E-state index contributed by atoms with van der Waals surface area (Å²) >= 11 is 5.95. The van der Waals surface area contributed by atoms with Crippen LogP contribution in [0.4, 0.5) is 0 Å². The minimum Gasteiger partial charge on any atom is -0.378 e. The molecule has 1 aromatic carbocycles. The second-order valence-corrected chi connectivity index (χ2v) is 5.05. The molecule has 0 bridgehead atoms. The molecule has 1 N–H and O–H groups in total. The van der Waals surface area contributed by atoms with Gasteiger partial charge in [-0.05, 0) is 30.2 Å². The Bertz CT molecular complexity index is 455. The Labute approximate surface area is 105 Å². The predicted molar refractivity (Wildman–Crippen MR) is 65.6 cm³/mol. The van der Waals surface area contributed by atoms with Crippen molar-refractivity contribution in [2.75, 3.05) is 19.8 Å². The third-order valence-electron chi connectivity index (χ3n) is 3.55. The number of ketones is 1. The van der Waals surface area contributed by atoms with Gasteiger partial charge in [0.15, 0.2) is 5.78 Å². The third kappa shape index (κ3) is 1.99. The summed E-state index contributed by atoms with van der Waals surface area (Å²) in [5, 5.41) is 4.06.